The fraction of sp³-hybridized carbons (Fsp3) is 0.538. The smallest absolute Gasteiger partial charge is 0.146 e. The Bertz CT molecular complexity index is 436. The highest BCUT2D eigenvalue weighted by molar-refractivity contribution is 5.64. The molecule has 1 aromatic carbocycles. The van der Waals surface area contributed by atoms with Crippen molar-refractivity contribution in [1.82, 2.24) is 5.32 Å². The number of hydrogen-bond acceptors (Lipinski definition) is 3. The Balaban J connectivity index is 1.96. The molecule has 0 bridgehead atoms. The van der Waals surface area contributed by atoms with Crippen molar-refractivity contribution in [3.05, 3.63) is 23.5 Å². The van der Waals surface area contributed by atoms with Gasteiger partial charge in [0.15, 0.2) is 0 Å². The first-order valence-corrected chi connectivity index (χ1v) is 6.17. The zero-order chi connectivity index (χ0) is 11.8. The van der Waals surface area contributed by atoms with E-state index in [1.807, 2.05) is 0 Å². The summed E-state index contributed by atoms with van der Waals surface area (Å²) in [5.41, 5.74) is 1.93. The Labute approximate surface area is 101 Å². The highest BCUT2D eigenvalue weighted by Crippen LogP contribution is 2.37. The molecule has 3 nitrogen and oxygen atoms in total. The molecule has 1 fully saturated rings. The molecule has 0 aliphatic carbocycles. The van der Waals surface area contributed by atoms with Crippen LogP contribution in [0.3, 0.4) is 0 Å². The molecular weight excluding hydrogens is 219 g/mol. The maximum Gasteiger partial charge on any atom is 0.146 e. The van der Waals surface area contributed by atoms with Gasteiger partial charge in [-0.1, -0.05) is 0 Å². The second-order valence-corrected chi connectivity index (χ2v) is 4.81. The second-order valence-electron chi connectivity index (χ2n) is 4.81. The lowest BCUT2D eigenvalue weighted by Gasteiger charge is -2.34. The molecule has 2 heterocycles. The van der Waals surface area contributed by atoms with Crippen molar-refractivity contribution in [2.24, 2.45) is 0 Å². The minimum atomic E-state index is -0.157. The van der Waals surface area contributed by atoms with Gasteiger partial charge in [-0.2, -0.15) is 0 Å². The van der Waals surface area contributed by atoms with Gasteiger partial charge in [-0.15, -0.1) is 0 Å². The number of benzene rings is 1. The maximum atomic E-state index is 13.6. The summed E-state index contributed by atoms with van der Waals surface area (Å²) in [5.74, 6) is 0.732. The lowest BCUT2D eigenvalue weighted by atomic mass is 10.1. The van der Waals surface area contributed by atoms with E-state index in [0.717, 1.165) is 43.1 Å². The van der Waals surface area contributed by atoms with Crippen LogP contribution in [0.5, 0.6) is 5.75 Å². The number of nitrogens with zero attached hydrogens (tertiary/aromatic N) is 1. The second kappa shape index (κ2) is 4.18. The summed E-state index contributed by atoms with van der Waals surface area (Å²) in [4.78, 5) is 2.22. The van der Waals surface area contributed by atoms with Crippen molar-refractivity contribution >= 4 is 5.69 Å². The molecule has 0 aromatic heterocycles. The van der Waals surface area contributed by atoms with E-state index in [2.05, 4.69) is 17.1 Å². The summed E-state index contributed by atoms with van der Waals surface area (Å²) in [7, 11) is 0. The third-order valence-electron chi connectivity index (χ3n) is 3.44. The van der Waals surface area contributed by atoms with Gasteiger partial charge in [-0.05, 0) is 13.0 Å². The zero-order valence-corrected chi connectivity index (χ0v) is 10.0. The highest BCUT2D eigenvalue weighted by Gasteiger charge is 2.24. The number of hydrogen-bond donors (Lipinski definition) is 1. The lowest BCUT2D eigenvalue weighted by Crippen LogP contribution is -2.49. The van der Waals surface area contributed by atoms with E-state index in [9.17, 15) is 4.39 Å². The third-order valence-corrected chi connectivity index (χ3v) is 3.44. The van der Waals surface area contributed by atoms with Crippen LogP contribution in [-0.2, 0) is 6.42 Å². The van der Waals surface area contributed by atoms with Gasteiger partial charge >= 0.3 is 0 Å². The number of piperazine rings is 1. The normalized spacial score (nSPS) is 23.4. The predicted octanol–water partition coefficient (Wildman–Crippen LogP) is 1.56. The van der Waals surface area contributed by atoms with Crippen molar-refractivity contribution in [2.45, 2.75) is 19.4 Å². The van der Waals surface area contributed by atoms with Gasteiger partial charge in [-0.25, -0.2) is 4.39 Å². The van der Waals surface area contributed by atoms with Gasteiger partial charge in [-0.3, -0.25) is 0 Å². The summed E-state index contributed by atoms with van der Waals surface area (Å²) in [6.45, 7) is 5.56. The molecule has 1 N–H and O–H groups in total. The summed E-state index contributed by atoms with van der Waals surface area (Å²) in [6, 6.07) is 3.63. The molecule has 1 saturated heterocycles. The Morgan fingerprint density at radius 2 is 2.35 bits per heavy atom. The highest BCUT2D eigenvalue weighted by atomic mass is 19.1. The van der Waals surface area contributed by atoms with Gasteiger partial charge < -0.3 is 15.0 Å². The number of halogens is 1. The molecule has 0 saturated carbocycles. The number of anilines is 1. The van der Waals surface area contributed by atoms with Crippen molar-refractivity contribution in [1.29, 1.82) is 0 Å². The monoisotopic (exact) mass is 236 g/mol. The molecule has 92 valence electrons. The molecule has 1 atom stereocenters. The minimum Gasteiger partial charge on any atom is -0.491 e. The first-order valence-electron chi connectivity index (χ1n) is 6.17. The summed E-state index contributed by atoms with van der Waals surface area (Å²) >= 11 is 0. The largest absolute Gasteiger partial charge is 0.491 e. The van der Waals surface area contributed by atoms with Gasteiger partial charge in [0, 0.05) is 43.7 Å². The van der Waals surface area contributed by atoms with E-state index in [1.165, 1.54) is 0 Å². The first-order chi connectivity index (χ1) is 8.24. The van der Waals surface area contributed by atoms with Crippen LogP contribution in [0.2, 0.25) is 0 Å². The summed E-state index contributed by atoms with van der Waals surface area (Å²) < 4.78 is 19.2. The fourth-order valence-corrected chi connectivity index (χ4v) is 2.64. The van der Waals surface area contributed by atoms with Crippen molar-refractivity contribution in [3.63, 3.8) is 0 Å². The fourth-order valence-electron chi connectivity index (χ4n) is 2.64. The zero-order valence-electron chi connectivity index (χ0n) is 10.0. The Morgan fingerprint density at radius 3 is 3.18 bits per heavy atom. The molecule has 3 rings (SSSR count). The number of nitrogens with one attached hydrogen (secondary N) is 1. The van der Waals surface area contributed by atoms with Crippen LogP contribution in [0, 0.1) is 5.82 Å². The molecule has 4 heteroatoms. The molecule has 17 heavy (non-hydrogen) atoms. The average molecular weight is 236 g/mol. The lowest BCUT2D eigenvalue weighted by molar-refractivity contribution is 0.355. The maximum absolute atomic E-state index is 13.6. The molecule has 0 unspecified atom stereocenters. The first kappa shape index (κ1) is 10.8. The van der Waals surface area contributed by atoms with Crippen LogP contribution in [0.25, 0.3) is 0 Å². The molecule has 0 spiro atoms. The van der Waals surface area contributed by atoms with Crippen molar-refractivity contribution < 1.29 is 9.13 Å². The van der Waals surface area contributed by atoms with Crippen LogP contribution < -0.4 is 15.0 Å². The SMILES string of the molecule is C[C@@H]1CN(c2cc(F)cc3c2OCC3)CCN1. The predicted molar refractivity (Wildman–Crippen MR) is 65.3 cm³/mol. The van der Waals surface area contributed by atoms with E-state index >= 15 is 0 Å². The molecule has 1 aromatic rings. The van der Waals surface area contributed by atoms with E-state index in [-0.39, 0.29) is 5.82 Å². The molecule has 2 aliphatic heterocycles. The summed E-state index contributed by atoms with van der Waals surface area (Å²) in [5, 5.41) is 3.39. The van der Waals surface area contributed by atoms with Crippen LogP contribution in [0.4, 0.5) is 10.1 Å². The molecule has 0 radical (unpaired) electrons. The van der Waals surface area contributed by atoms with Crippen molar-refractivity contribution in [3.8, 4) is 5.75 Å². The molecule has 0 amide bonds. The van der Waals surface area contributed by atoms with Gasteiger partial charge in [0.2, 0.25) is 0 Å². The van der Waals surface area contributed by atoms with Gasteiger partial charge in [0.25, 0.3) is 0 Å². The summed E-state index contributed by atoms with van der Waals surface area (Å²) in [6.07, 6.45) is 0.821. The number of fused-ring (bicyclic) bond motifs is 1. The van der Waals surface area contributed by atoms with Crippen LogP contribution in [-0.4, -0.2) is 32.3 Å². The van der Waals surface area contributed by atoms with Crippen LogP contribution in [0.15, 0.2) is 12.1 Å². The molecule has 2 aliphatic rings. The quantitative estimate of drug-likeness (QED) is 0.801. The van der Waals surface area contributed by atoms with Gasteiger partial charge in [0.05, 0.1) is 12.3 Å². The standard InChI is InChI=1S/C13H17FN2O/c1-9-8-16(4-3-15-9)12-7-11(14)6-10-2-5-17-13(10)12/h6-7,9,15H,2-5,8H2,1H3/t9-/m1/s1. The third kappa shape index (κ3) is 1.97. The minimum absolute atomic E-state index is 0.157. The Morgan fingerprint density at radius 1 is 1.47 bits per heavy atom. The number of rotatable bonds is 1. The molecular formula is C13H17FN2O. The van der Waals surface area contributed by atoms with E-state index in [1.54, 1.807) is 12.1 Å². The Hall–Kier alpha value is -1.29. The van der Waals surface area contributed by atoms with E-state index in [4.69, 9.17) is 4.74 Å². The van der Waals surface area contributed by atoms with Crippen LogP contribution >= 0.6 is 0 Å². The average Bonchev–Trinajstić information content (AvgIpc) is 2.75. The topological polar surface area (TPSA) is 24.5 Å². The van der Waals surface area contributed by atoms with Crippen molar-refractivity contribution in [2.75, 3.05) is 31.1 Å². The van der Waals surface area contributed by atoms with E-state index < -0.39 is 0 Å². The number of ether oxygens (including phenoxy) is 1. The Kier molecular flexibility index (Phi) is 2.67. The van der Waals surface area contributed by atoms with Crippen LogP contribution in [0.1, 0.15) is 12.5 Å². The van der Waals surface area contributed by atoms with E-state index in [0.29, 0.717) is 12.6 Å². The van der Waals surface area contributed by atoms with Gasteiger partial charge in [0.1, 0.15) is 11.6 Å².